The van der Waals surface area contributed by atoms with E-state index < -0.39 is 0 Å². The van der Waals surface area contributed by atoms with Crippen molar-refractivity contribution >= 4 is 28.6 Å². The number of rotatable bonds is 2. The van der Waals surface area contributed by atoms with Gasteiger partial charge in [0.15, 0.2) is 0 Å². The summed E-state index contributed by atoms with van der Waals surface area (Å²) < 4.78 is 13.2. The number of anilines is 1. The molecule has 1 aliphatic rings. The quantitative estimate of drug-likeness (QED) is 0.852. The van der Waals surface area contributed by atoms with Crippen molar-refractivity contribution in [3.05, 3.63) is 24.0 Å². The van der Waals surface area contributed by atoms with Gasteiger partial charge in [0.25, 0.3) is 0 Å². The van der Waals surface area contributed by atoms with Gasteiger partial charge in [0.2, 0.25) is 5.95 Å². The largest absolute Gasteiger partial charge is 0.338 e. The first kappa shape index (κ1) is 12.7. The van der Waals surface area contributed by atoms with Crippen LogP contribution in [0.1, 0.15) is 25.7 Å². The number of H-pyrrole nitrogens is 1. The molecule has 1 unspecified atom stereocenters. The molecule has 19 heavy (non-hydrogen) atoms. The molecule has 0 radical (unpaired) electrons. The van der Waals surface area contributed by atoms with Gasteiger partial charge in [-0.2, -0.15) is 0 Å². The van der Waals surface area contributed by atoms with Gasteiger partial charge in [0.05, 0.1) is 11.0 Å². The van der Waals surface area contributed by atoms with Crippen LogP contribution in [0.4, 0.5) is 10.3 Å². The number of fused-ring (bicyclic) bond motifs is 1. The zero-order valence-corrected chi connectivity index (χ0v) is 11.5. The molecule has 3 nitrogen and oxygen atoms in total. The molecule has 0 aliphatic carbocycles. The molecule has 1 N–H and O–H groups in total. The molecule has 1 aromatic heterocycles. The highest BCUT2D eigenvalue weighted by atomic mass is 35.5. The monoisotopic (exact) mass is 281 g/mol. The van der Waals surface area contributed by atoms with E-state index in [4.69, 9.17) is 11.6 Å². The van der Waals surface area contributed by atoms with E-state index in [0.29, 0.717) is 11.9 Å². The van der Waals surface area contributed by atoms with Crippen molar-refractivity contribution in [2.75, 3.05) is 17.3 Å². The Labute approximate surface area is 116 Å². The Morgan fingerprint density at radius 1 is 1.37 bits per heavy atom. The number of aromatic amines is 1. The molecule has 3 rings (SSSR count). The third kappa shape index (κ3) is 2.54. The van der Waals surface area contributed by atoms with Crippen molar-refractivity contribution in [1.29, 1.82) is 0 Å². The average molecular weight is 282 g/mol. The molecule has 0 saturated carbocycles. The lowest BCUT2D eigenvalue weighted by Crippen LogP contribution is -2.36. The van der Waals surface area contributed by atoms with Crippen LogP contribution in [0.3, 0.4) is 0 Å². The fourth-order valence-electron chi connectivity index (χ4n) is 2.72. The van der Waals surface area contributed by atoms with Crippen LogP contribution >= 0.6 is 11.6 Å². The lowest BCUT2D eigenvalue weighted by molar-refractivity contribution is 0.612. The van der Waals surface area contributed by atoms with Crippen molar-refractivity contribution in [3.63, 3.8) is 0 Å². The molecule has 2 heterocycles. The Morgan fingerprint density at radius 2 is 2.26 bits per heavy atom. The summed E-state index contributed by atoms with van der Waals surface area (Å²) in [6, 6.07) is 4.95. The lowest BCUT2D eigenvalue weighted by atomic mass is 10.1. The second kappa shape index (κ2) is 5.37. The second-order valence-corrected chi connectivity index (χ2v) is 5.38. The highest BCUT2D eigenvalue weighted by Crippen LogP contribution is 2.25. The van der Waals surface area contributed by atoms with Crippen molar-refractivity contribution in [3.8, 4) is 0 Å². The fraction of sp³-hybridized carbons (Fsp3) is 0.500. The van der Waals surface area contributed by atoms with Crippen LogP contribution in [0.25, 0.3) is 11.0 Å². The maximum Gasteiger partial charge on any atom is 0.204 e. The third-order valence-corrected chi connectivity index (χ3v) is 4.11. The van der Waals surface area contributed by atoms with Crippen LogP contribution in [0.15, 0.2) is 18.2 Å². The third-order valence-electron chi connectivity index (χ3n) is 3.76. The molecule has 1 saturated heterocycles. The van der Waals surface area contributed by atoms with E-state index in [9.17, 15) is 4.39 Å². The predicted octanol–water partition coefficient (Wildman–Crippen LogP) is 3.69. The lowest BCUT2D eigenvalue weighted by Gasteiger charge is -2.27. The van der Waals surface area contributed by atoms with Gasteiger partial charge in [-0.3, -0.25) is 0 Å². The van der Waals surface area contributed by atoms with Crippen LogP contribution in [0, 0.1) is 5.82 Å². The highest BCUT2D eigenvalue weighted by Gasteiger charge is 2.22. The molecule has 1 atom stereocenters. The summed E-state index contributed by atoms with van der Waals surface area (Å²) in [6.07, 6.45) is 4.69. The Balaban J connectivity index is 1.96. The smallest absolute Gasteiger partial charge is 0.204 e. The first-order valence-corrected chi connectivity index (χ1v) is 7.29. The first-order chi connectivity index (χ1) is 9.28. The molecule has 0 spiro atoms. The number of benzene rings is 1. The van der Waals surface area contributed by atoms with Gasteiger partial charge in [0.1, 0.15) is 5.82 Å². The summed E-state index contributed by atoms with van der Waals surface area (Å²) in [5.41, 5.74) is 1.54. The summed E-state index contributed by atoms with van der Waals surface area (Å²) in [4.78, 5) is 10.0. The van der Waals surface area contributed by atoms with Crippen LogP contribution < -0.4 is 4.90 Å². The fourth-order valence-corrected chi connectivity index (χ4v) is 3.04. The van der Waals surface area contributed by atoms with Crippen molar-refractivity contribution in [1.82, 2.24) is 9.97 Å². The topological polar surface area (TPSA) is 31.9 Å². The van der Waals surface area contributed by atoms with Crippen LogP contribution in [0.5, 0.6) is 0 Å². The number of nitrogens with zero attached hydrogens (tertiary/aromatic N) is 2. The minimum absolute atomic E-state index is 0.243. The molecule has 5 heteroatoms. The number of imidazole rings is 1. The number of hydrogen-bond acceptors (Lipinski definition) is 2. The van der Waals surface area contributed by atoms with Crippen LogP contribution in [-0.4, -0.2) is 28.4 Å². The Morgan fingerprint density at radius 3 is 3.11 bits per heavy atom. The van der Waals surface area contributed by atoms with E-state index in [-0.39, 0.29) is 5.82 Å². The van der Waals surface area contributed by atoms with Gasteiger partial charge in [-0.25, -0.2) is 9.37 Å². The summed E-state index contributed by atoms with van der Waals surface area (Å²) in [5, 5.41) is 0. The molecular formula is C14H17ClFN3. The molecular weight excluding hydrogens is 265 g/mol. The number of aromatic nitrogens is 2. The average Bonchev–Trinajstić information content (AvgIpc) is 2.67. The van der Waals surface area contributed by atoms with Crippen molar-refractivity contribution in [2.45, 2.75) is 31.7 Å². The maximum absolute atomic E-state index is 13.2. The Hall–Kier alpha value is -1.29. The highest BCUT2D eigenvalue weighted by molar-refractivity contribution is 6.18. The van der Waals surface area contributed by atoms with Gasteiger partial charge >= 0.3 is 0 Å². The van der Waals surface area contributed by atoms with Crippen molar-refractivity contribution in [2.24, 2.45) is 0 Å². The molecule has 1 aliphatic heterocycles. The number of nitrogens with one attached hydrogen (secondary N) is 1. The molecule has 0 bridgehead atoms. The first-order valence-electron chi connectivity index (χ1n) is 6.76. The number of hydrogen-bond donors (Lipinski definition) is 1. The van der Waals surface area contributed by atoms with Gasteiger partial charge in [-0.15, -0.1) is 11.6 Å². The molecule has 1 aromatic carbocycles. The molecule has 1 fully saturated rings. The Kier molecular flexibility index (Phi) is 3.60. The SMILES string of the molecule is Fc1ccc2nc(N3CCCCCC3CCl)[nH]c2c1. The normalized spacial score (nSPS) is 20.7. The number of halogens is 2. The minimum Gasteiger partial charge on any atom is -0.338 e. The van der Waals surface area contributed by atoms with Gasteiger partial charge in [-0.05, 0) is 31.0 Å². The zero-order valence-electron chi connectivity index (χ0n) is 10.7. The predicted molar refractivity (Wildman–Crippen MR) is 76.4 cm³/mol. The van der Waals surface area contributed by atoms with E-state index in [0.717, 1.165) is 36.4 Å². The summed E-state index contributed by atoms with van der Waals surface area (Å²) in [6.45, 7) is 0.958. The van der Waals surface area contributed by atoms with Crippen molar-refractivity contribution < 1.29 is 4.39 Å². The van der Waals surface area contributed by atoms with Gasteiger partial charge in [-0.1, -0.05) is 12.8 Å². The summed E-state index contributed by atoms with van der Waals surface area (Å²) >= 11 is 6.08. The summed E-state index contributed by atoms with van der Waals surface area (Å²) in [5.74, 6) is 1.17. The second-order valence-electron chi connectivity index (χ2n) is 5.07. The van der Waals surface area contributed by atoms with E-state index in [1.165, 1.54) is 25.0 Å². The Bertz CT molecular complexity index is 569. The van der Waals surface area contributed by atoms with E-state index in [2.05, 4.69) is 14.9 Å². The van der Waals surface area contributed by atoms with Gasteiger partial charge < -0.3 is 9.88 Å². The van der Waals surface area contributed by atoms with E-state index in [1.54, 1.807) is 6.07 Å². The standard InChI is InChI=1S/C14H17ClFN3/c15-9-11-4-2-1-3-7-19(11)14-17-12-6-5-10(16)8-13(12)18-14/h5-6,8,11H,1-4,7,9H2,(H,17,18). The molecule has 0 amide bonds. The zero-order chi connectivity index (χ0) is 13.2. The molecule has 102 valence electrons. The summed E-state index contributed by atoms with van der Waals surface area (Å²) in [7, 11) is 0. The van der Waals surface area contributed by atoms with E-state index in [1.807, 2.05) is 0 Å². The van der Waals surface area contributed by atoms with E-state index >= 15 is 0 Å². The van der Waals surface area contributed by atoms with Crippen LogP contribution in [0.2, 0.25) is 0 Å². The maximum atomic E-state index is 13.2. The molecule has 2 aromatic rings. The number of alkyl halides is 1. The minimum atomic E-state index is -0.243. The van der Waals surface area contributed by atoms with Gasteiger partial charge in [0, 0.05) is 18.5 Å². The van der Waals surface area contributed by atoms with Crippen LogP contribution in [-0.2, 0) is 0 Å².